The summed E-state index contributed by atoms with van der Waals surface area (Å²) in [6.07, 6.45) is 5.24. The topological polar surface area (TPSA) is 125 Å². The van der Waals surface area contributed by atoms with E-state index in [1.165, 1.54) is 13.2 Å². The third kappa shape index (κ3) is 4.46. The quantitative estimate of drug-likeness (QED) is 0.544. The van der Waals surface area contributed by atoms with Crippen LogP contribution in [0.3, 0.4) is 0 Å². The smallest absolute Gasteiger partial charge is 0.231 e. The van der Waals surface area contributed by atoms with Gasteiger partial charge in [0.2, 0.25) is 16.0 Å². The van der Waals surface area contributed by atoms with Crippen LogP contribution in [-0.4, -0.2) is 49.0 Å². The highest BCUT2D eigenvalue weighted by atomic mass is 32.2. The first-order chi connectivity index (χ1) is 13.3. The maximum absolute atomic E-state index is 14.3. The minimum absolute atomic E-state index is 0.123. The highest BCUT2D eigenvalue weighted by Crippen LogP contribution is 2.31. The number of sulfonamides is 1. The molecule has 1 aromatic carbocycles. The third-order valence-electron chi connectivity index (χ3n) is 3.68. The zero-order valence-electron chi connectivity index (χ0n) is 15.3. The van der Waals surface area contributed by atoms with Crippen LogP contribution in [0.5, 0.6) is 5.75 Å². The van der Waals surface area contributed by atoms with Crippen molar-refractivity contribution in [1.82, 2.24) is 20.2 Å². The van der Waals surface area contributed by atoms with Crippen LogP contribution >= 0.6 is 0 Å². The Morgan fingerprint density at radius 2 is 2.04 bits per heavy atom. The van der Waals surface area contributed by atoms with E-state index in [1.807, 2.05) is 0 Å². The standard InChI is InChI=1S/C16H18FN7O3S/c1-24(10-7-19-20-8-10)16-18-9-12(17)15(22-16)21-13-5-4-11(27-2)6-14(13)23-28(3,25)26/h4-9,23H,1-3H3,(H,19,20)(H,18,21,22). The van der Waals surface area contributed by atoms with Gasteiger partial charge in [-0.15, -0.1) is 0 Å². The number of halogens is 1. The number of nitrogens with zero attached hydrogens (tertiary/aromatic N) is 4. The highest BCUT2D eigenvalue weighted by molar-refractivity contribution is 7.92. The van der Waals surface area contributed by atoms with Crippen molar-refractivity contribution in [2.24, 2.45) is 0 Å². The average molecular weight is 407 g/mol. The minimum Gasteiger partial charge on any atom is -0.497 e. The maximum Gasteiger partial charge on any atom is 0.231 e. The van der Waals surface area contributed by atoms with E-state index in [0.717, 1.165) is 12.5 Å². The number of rotatable bonds is 7. The van der Waals surface area contributed by atoms with E-state index < -0.39 is 15.8 Å². The highest BCUT2D eigenvalue weighted by Gasteiger charge is 2.15. The summed E-state index contributed by atoms with van der Waals surface area (Å²) in [4.78, 5) is 9.76. The Bertz CT molecular complexity index is 1070. The second kappa shape index (κ2) is 7.68. The van der Waals surface area contributed by atoms with Crippen molar-refractivity contribution in [3.8, 4) is 5.75 Å². The van der Waals surface area contributed by atoms with Crippen molar-refractivity contribution in [3.05, 3.63) is 42.6 Å². The average Bonchev–Trinajstić information content (AvgIpc) is 3.17. The lowest BCUT2D eigenvalue weighted by molar-refractivity contribution is 0.415. The Kier molecular flexibility index (Phi) is 5.31. The van der Waals surface area contributed by atoms with Crippen LogP contribution in [0.4, 0.5) is 33.2 Å². The Morgan fingerprint density at radius 1 is 1.25 bits per heavy atom. The Balaban J connectivity index is 1.96. The lowest BCUT2D eigenvalue weighted by atomic mass is 10.2. The summed E-state index contributed by atoms with van der Waals surface area (Å²) in [6, 6.07) is 4.63. The largest absolute Gasteiger partial charge is 0.497 e. The Hall–Kier alpha value is -3.41. The van der Waals surface area contributed by atoms with Crippen molar-refractivity contribution in [1.29, 1.82) is 0 Å². The number of ether oxygens (including phenoxy) is 1. The number of anilines is 5. The summed E-state index contributed by atoms with van der Waals surface area (Å²) >= 11 is 0. The molecule has 2 aromatic heterocycles. The molecule has 0 amide bonds. The molecule has 28 heavy (non-hydrogen) atoms. The van der Waals surface area contributed by atoms with Gasteiger partial charge in [-0.2, -0.15) is 10.1 Å². The van der Waals surface area contributed by atoms with Crippen LogP contribution in [0.1, 0.15) is 0 Å². The lowest BCUT2D eigenvalue weighted by Gasteiger charge is -2.17. The summed E-state index contributed by atoms with van der Waals surface area (Å²) in [5.74, 6) is -0.177. The second-order valence-electron chi connectivity index (χ2n) is 5.79. The molecule has 2 heterocycles. The fraction of sp³-hybridized carbons (Fsp3) is 0.188. The first kappa shape index (κ1) is 19.4. The van der Waals surface area contributed by atoms with Gasteiger partial charge in [-0.25, -0.2) is 17.8 Å². The van der Waals surface area contributed by atoms with Gasteiger partial charge in [0.1, 0.15) is 5.75 Å². The fourth-order valence-electron chi connectivity index (χ4n) is 2.32. The molecule has 0 unspecified atom stereocenters. The van der Waals surface area contributed by atoms with Gasteiger partial charge >= 0.3 is 0 Å². The van der Waals surface area contributed by atoms with Gasteiger partial charge in [-0.05, 0) is 12.1 Å². The zero-order valence-corrected chi connectivity index (χ0v) is 16.1. The normalized spacial score (nSPS) is 11.1. The molecule has 0 bridgehead atoms. The van der Waals surface area contributed by atoms with Crippen LogP contribution in [0.25, 0.3) is 0 Å². The van der Waals surface area contributed by atoms with Gasteiger partial charge in [-0.3, -0.25) is 9.82 Å². The summed E-state index contributed by atoms with van der Waals surface area (Å²) < 4.78 is 45.1. The molecule has 10 nitrogen and oxygen atoms in total. The molecule has 0 spiro atoms. The van der Waals surface area contributed by atoms with Crippen molar-refractivity contribution in [2.75, 3.05) is 35.4 Å². The number of aromatic amines is 1. The molecule has 148 valence electrons. The first-order valence-electron chi connectivity index (χ1n) is 7.95. The lowest BCUT2D eigenvalue weighted by Crippen LogP contribution is -2.14. The van der Waals surface area contributed by atoms with Gasteiger partial charge < -0.3 is 15.0 Å². The fourth-order valence-corrected chi connectivity index (χ4v) is 2.89. The predicted molar refractivity (Wildman–Crippen MR) is 103 cm³/mol. The number of nitrogens with one attached hydrogen (secondary N) is 3. The molecule has 0 saturated heterocycles. The second-order valence-corrected chi connectivity index (χ2v) is 7.54. The third-order valence-corrected chi connectivity index (χ3v) is 4.27. The maximum atomic E-state index is 14.3. The predicted octanol–water partition coefficient (Wildman–Crippen LogP) is 2.23. The van der Waals surface area contributed by atoms with Crippen molar-refractivity contribution < 1.29 is 17.5 Å². The summed E-state index contributed by atoms with van der Waals surface area (Å²) in [7, 11) is -0.416. The Morgan fingerprint density at radius 3 is 2.68 bits per heavy atom. The molecule has 0 atom stereocenters. The van der Waals surface area contributed by atoms with E-state index in [1.54, 1.807) is 36.5 Å². The van der Waals surface area contributed by atoms with Crippen molar-refractivity contribution in [2.45, 2.75) is 0 Å². The van der Waals surface area contributed by atoms with Crippen LogP contribution in [0.2, 0.25) is 0 Å². The van der Waals surface area contributed by atoms with Crippen molar-refractivity contribution in [3.63, 3.8) is 0 Å². The van der Waals surface area contributed by atoms with Crippen molar-refractivity contribution >= 4 is 38.9 Å². The van der Waals surface area contributed by atoms with Crippen LogP contribution < -0.4 is 19.7 Å². The summed E-state index contributed by atoms with van der Waals surface area (Å²) in [6.45, 7) is 0. The van der Waals surface area contributed by atoms with Gasteiger partial charge in [0.15, 0.2) is 11.6 Å². The van der Waals surface area contributed by atoms with E-state index in [-0.39, 0.29) is 17.5 Å². The van der Waals surface area contributed by atoms with E-state index in [0.29, 0.717) is 17.1 Å². The van der Waals surface area contributed by atoms with E-state index in [9.17, 15) is 12.8 Å². The van der Waals surface area contributed by atoms with E-state index in [4.69, 9.17) is 4.74 Å². The molecule has 3 rings (SSSR count). The molecule has 0 aliphatic heterocycles. The van der Waals surface area contributed by atoms with Gasteiger partial charge in [0, 0.05) is 19.3 Å². The van der Waals surface area contributed by atoms with E-state index in [2.05, 4.69) is 30.2 Å². The molecule has 0 aliphatic rings. The number of hydrogen-bond acceptors (Lipinski definition) is 8. The zero-order chi connectivity index (χ0) is 20.3. The SMILES string of the molecule is COc1ccc(Nc2nc(N(C)c3cn[nH]c3)ncc2F)c(NS(C)(=O)=O)c1. The van der Waals surface area contributed by atoms with E-state index >= 15 is 0 Å². The molecule has 0 fully saturated rings. The molecule has 0 aliphatic carbocycles. The van der Waals surface area contributed by atoms with Crippen LogP contribution in [-0.2, 0) is 10.0 Å². The monoisotopic (exact) mass is 407 g/mol. The van der Waals surface area contributed by atoms with Crippen LogP contribution in [0, 0.1) is 5.82 Å². The molecular weight excluding hydrogens is 389 g/mol. The van der Waals surface area contributed by atoms with Gasteiger partial charge in [0.05, 0.1) is 42.8 Å². The number of H-pyrrole nitrogens is 1. The number of methoxy groups -OCH3 is 1. The number of benzene rings is 1. The van der Waals surface area contributed by atoms with Gasteiger partial charge in [0.25, 0.3) is 0 Å². The van der Waals surface area contributed by atoms with Gasteiger partial charge in [-0.1, -0.05) is 0 Å². The summed E-state index contributed by atoms with van der Waals surface area (Å²) in [5.41, 5.74) is 1.16. The Labute approximate surface area is 160 Å². The number of aromatic nitrogens is 4. The number of hydrogen-bond donors (Lipinski definition) is 3. The molecule has 3 aromatic rings. The molecular formula is C16H18FN7O3S. The van der Waals surface area contributed by atoms with Crippen LogP contribution in [0.15, 0.2) is 36.8 Å². The summed E-state index contributed by atoms with van der Waals surface area (Å²) in [5, 5.41) is 9.32. The minimum atomic E-state index is -3.57. The molecule has 0 radical (unpaired) electrons. The molecule has 3 N–H and O–H groups in total. The molecule has 0 saturated carbocycles. The molecule has 12 heteroatoms. The first-order valence-corrected chi connectivity index (χ1v) is 9.84.